The van der Waals surface area contributed by atoms with Gasteiger partial charge in [-0.1, -0.05) is 111 Å². The zero-order valence-electron chi connectivity index (χ0n) is 19.7. The summed E-state index contributed by atoms with van der Waals surface area (Å²) < 4.78 is 0. The van der Waals surface area contributed by atoms with Crippen LogP contribution in [0.4, 0.5) is 0 Å². The maximum absolute atomic E-state index is 10.5. The third kappa shape index (κ3) is 5.37. The topological polar surface area (TPSA) is 58.9 Å². The van der Waals surface area contributed by atoms with Gasteiger partial charge in [0, 0.05) is 16.7 Å². The summed E-state index contributed by atoms with van der Waals surface area (Å²) in [6.07, 6.45) is 0.752. The quantitative estimate of drug-likeness (QED) is 0.395. The fourth-order valence-electron chi connectivity index (χ4n) is 3.37. The Morgan fingerprint density at radius 3 is 1.58 bits per heavy atom. The highest BCUT2D eigenvalue weighted by Crippen LogP contribution is 2.34. The Morgan fingerprint density at radius 2 is 1.09 bits per heavy atom. The Labute approximate surface area is 197 Å². The smallest absolute Gasteiger partial charge is 0.164 e. The van der Waals surface area contributed by atoms with Crippen LogP contribution in [0.2, 0.25) is 6.32 Å². The first-order valence-electron chi connectivity index (χ1n) is 11.3. The van der Waals surface area contributed by atoms with E-state index in [0.29, 0.717) is 17.5 Å². The van der Waals surface area contributed by atoms with Gasteiger partial charge in [-0.2, -0.15) is 0 Å². The lowest BCUT2D eigenvalue weighted by Gasteiger charge is -2.37. The average Bonchev–Trinajstić information content (AvgIpc) is 2.83. The van der Waals surface area contributed by atoms with Gasteiger partial charge in [-0.25, -0.2) is 15.0 Å². The molecule has 4 nitrogen and oxygen atoms in total. The lowest BCUT2D eigenvalue weighted by molar-refractivity contribution is -0.0236. The molecule has 0 bridgehead atoms. The second-order valence-electron chi connectivity index (χ2n) is 9.51. The third-order valence-electron chi connectivity index (χ3n) is 6.35. The molecule has 0 aliphatic heterocycles. The van der Waals surface area contributed by atoms with E-state index in [1.165, 1.54) is 0 Å². The molecule has 0 spiro atoms. The molecule has 4 rings (SSSR count). The molecule has 0 fully saturated rings. The number of benzene rings is 3. The number of aromatic nitrogens is 3. The standard InChI is InChI=1S/C28H29BN3O/c1-27(2,28(3,4)33)19-29-23-17-11-16-22(18-23)26-31-24(20-12-7-5-8-13-20)30-25(32-26)21-14-9-6-10-15-21/h5-18,33H,19H2,1-4H3. The Hall–Kier alpha value is -3.31. The van der Waals surface area contributed by atoms with E-state index in [4.69, 9.17) is 15.0 Å². The van der Waals surface area contributed by atoms with Crippen LogP contribution < -0.4 is 5.46 Å². The Balaban J connectivity index is 1.72. The van der Waals surface area contributed by atoms with E-state index in [9.17, 15) is 5.11 Å². The van der Waals surface area contributed by atoms with Gasteiger partial charge < -0.3 is 5.11 Å². The van der Waals surface area contributed by atoms with E-state index in [2.05, 4.69) is 33.3 Å². The molecule has 0 aliphatic rings. The molecule has 1 N–H and O–H groups in total. The van der Waals surface area contributed by atoms with Crippen molar-refractivity contribution >= 4 is 12.7 Å². The van der Waals surface area contributed by atoms with E-state index in [-0.39, 0.29) is 5.41 Å². The highest BCUT2D eigenvalue weighted by Gasteiger charge is 2.34. The van der Waals surface area contributed by atoms with Crippen LogP contribution in [-0.2, 0) is 0 Å². The predicted octanol–water partition coefficient (Wildman–Crippen LogP) is 5.42. The van der Waals surface area contributed by atoms with Gasteiger partial charge in [0.2, 0.25) is 0 Å². The molecular formula is C28H29BN3O. The molecule has 0 atom stereocenters. The SMILES string of the molecule is CC(C)(O)C(C)(C)C[B]c1cccc(-c2nc(-c3ccccc3)nc(-c3ccccc3)n2)c1. The van der Waals surface area contributed by atoms with Gasteiger partial charge in [-0.3, -0.25) is 0 Å². The molecular weight excluding hydrogens is 405 g/mol. The molecule has 0 saturated heterocycles. The average molecular weight is 434 g/mol. The second kappa shape index (κ2) is 9.28. The van der Waals surface area contributed by atoms with Crippen LogP contribution in [-0.4, -0.2) is 32.9 Å². The second-order valence-corrected chi connectivity index (χ2v) is 9.51. The maximum Gasteiger partial charge on any atom is 0.164 e. The normalized spacial score (nSPS) is 11.9. The molecule has 1 aromatic heterocycles. The minimum Gasteiger partial charge on any atom is -0.390 e. The van der Waals surface area contributed by atoms with Gasteiger partial charge in [0.1, 0.15) is 0 Å². The van der Waals surface area contributed by atoms with Crippen molar-refractivity contribution in [2.45, 2.75) is 39.6 Å². The molecule has 0 unspecified atom stereocenters. The van der Waals surface area contributed by atoms with Gasteiger partial charge in [0.05, 0.1) is 5.60 Å². The first-order chi connectivity index (χ1) is 15.7. The van der Waals surface area contributed by atoms with Crippen LogP contribution in [0.3, 0.4) is 0 Å². The predicted molar refractivity (Wildman–Crippen MR) is 136 cm³/mol. The number of aliphatic hydroxyl groups is 1. The number of hydrogen-bond donors (Lipinski definition) is 1. The minimum absolute atomic E-state index is 0.253. The molecule has 165 valence electrons. The summed E-state index contributed by atoms with van der Waals surface area (Å²) in [5.41, 5.74) is 2.89. The minimum atomic E-state index is -0.773. The zero-order chi connectivity index (χ0) is 23.5. The highest BCUT2D eigenvalue weighted by molar-refractivity contribution is 6.53. The summed E-state index contributed by atoms with van der Waals surface area (Å²) in [5.74, 6) is 1.94. The highest BCUT2D eigenvalue weighted by atomic mass is 16.3. The van der Waals surface area contributed by atoms with Crippen molar-refractivity contribution in [3.8, 4) is 34.2 Å². The fraction of sp³-hybridized carbons (Fsp3) is 0.250. The van der Waals surface area contributed by atoms with Crippen LogP contribution in [0, 0.1) is 5.41 Å². The van der Waals surface area contributed by atoms with Crippen molar-refractivity contribution in [2.75, 3.05) is 0 Å². The fourth-order valence-corrected chi connectivity index (χ4v) is 3.37. The van der Waals surface area contributed by atoms with Crippen molar-refractivity contribution in [1.82, 2.24) is 15.0 Å². The molecule has 1 heterocycles. The van der Waals surface area contributed by atoms with E-state index < -0.39 is 5.60 Å². The van der Waals surface area contributed by atoms with Crippen LogP contribution in [0.25, 0.3) is 34.2 Å². The Morgan fingerprint density at radius 1 is 0.636 bits per heavy atom. The van der Waals surface area contributed by atoms with Crippen LogP contribution in [0.1, 0.15) is 27.7 Å². The van der Waals surface area contributed by atoms with Gasteiger partial charge in [0.25, 0.3) is 0 Å². The first-order valence-corrected chi connectivity index (χ1v) is 11.3. The third-order valence-corrected chi connectivity index (χ3v) is 6.35. The van der Waals surface area contributed by atoms with Crippen LogP contribution in [0.15, 0.2) is 84.9 Å². The van der Waals surface area contributed by atoms with E-state index in [1.807, 2.05) is 86.6 Å². The number of rotatable bonds is 7. The first kappa shape index (κ1) is 22.9. The summed E-state index contributed by atoms with van der Waals surface area (Å²) in [6.45, 7) is 7.88. The molecule has 0 saturated carbocycles. The van der Waals surface area contributed by atoms with Crippen molar-refractivity contribution in [3.63, 3.8) is 0 Å². The Bertz CT molecular complexity index is 1160. The molecule has 5 heteroatoms. The van der Waals surface area contributed by atoms with Crippen molar-refractivity contribution < 1.29 is 5.11 Å². The van der Waals surface area contributed by atoms with Gasteiger partial charge in [-0.05, 0) is 19.3 Å². The van der Waals surface area contributed by atoms with Crippen molar-refractivity contribution in [2.24, 2.45) is 5.41 Å². The zero-order valence-corrected chi connectivity index (χ0v) is 19.7. The van der Waals surface area contributed by atoms with Crippen molar-refractivity contribution in [1.29, 1.82) is 0 Å². The largest absolute Gasteiger partial charge is 0.390 e. The number of nitrogens with zero attached hydrogens (tertiary/aromatic N) is 3. The molecule has 4 aromatic rings. The summed E-state index contributed by atoms with van der Waals surface area (Å²) in [4.78, 5) is 14.4. The lowest BCUT2D eigenvalue weighted by atomic mass is 9.56. The summed E-state index contributed by atoms with van der Waals surface area (Å²) >= 11 is 0. The van der Waals surface area contributed by atoms with Gasteiger partial charge in [0.15, 0.2) is 24.8 Å². The molecule has 3 aromatic carbocycles. The Kier molecular flexibility index (Phi) is 6.43. The van der Waals surface area contributed by atoms with E-state index >= 15 is 0 Å². The monoisotopic (exact) mass is 434 g/mol. The van der Waals surface area contributed by atoms with Gasteiger partial charge in [-0.15, -0.1) is 0 Å². The molecule has 0 aliphatic carbocycles. The van der Waals surface area contributed by atoms with Crippen LogP contribution in [0.5, 0.6) is 0 Å². The van der Waals surface area contributed by atoms with E-state index in [1.54, 1.807) is 0 Å². The molecule has 1 radical (unpaired) electrons. The summed E-state index contributed by atoms with van der Waals surface area (Å²) in [6, 6.07) is 28.2. The molecule has 0 amide bonds. The van der Waals surface area contributed by atoms with Gasteiger partial charge >= 0.3 is 0 Å². The van der Waals surface area contributed by atoms with Crippen LogP contribution >= 0.6 is 0 Å². The van der Waals surface area contributed by atoms with E-state index in [0.717, 1.165) is 28.5 Å². The number of hydrogen-bond acceptors (Lipinski definition) is 4. The maximum atomic E-state index is 10.5. The lowest BCUT2D eigenvalue weighted by Crippen LogP contribution is -2.40. The summed E-state index contributed by atoms with van der Waals surface area (Å²) in [5, 5.41) is 10.5. The van der Waals surface area contributed by atoms with Crippen molar-refractivity contribution in [3.05, 3.63) is 84.9 Å². The molecule has 33 heavy (non-hydrogen) atoms. The summed E-state index contributed by atoms with van der Waals surface area (Å²) in [7, 11) is 2.17.